The van der Waals surface area contributed by atoms with Gasteiger partial charge in [0.1, 0.15) is 5.60 Å². The lowest BCUT2D eigenvalue weighted by Crippen LogP contribution is -2.44. The van der Waals surface area contributed by atoms with Crippen LogP contribution in [0.1, 0.15) is 43.9 Å². The van der Waals surface area contributed by atoms with Gasteiger partial charge in [0.25, 0.3) is 5.92 Å². The topological polar surface area (TPSA) is 69.6 Å². The Bertz CT molecular complexity index is 1180. The highest BCUT2D eigenvalue weighted by Crippen LogP contribution is 2.50. The van der Waals surface area contributed by atoms with Crippen LogP contribution in [-0.2, 0) is 14.3 Å². The second-order valence-corrected chi connectivity index (χ2v) is 9.15. The summed E-state index contributed by atoms with van der Waals surface area (Å²) in [5.74, 6) is -5.74. The van der Waals surface area contributed by atoms with Gasteiger partial charge in [-0.3, -0.25) is 14.7 Å². The van der Waals surface area contributed by atoms with Gasteiger partial charge in [0.05, 0.1) is 18.5 Å². The average Bonchev–Trinajstić information content (AvgIpc) is 3.30. The Morgan fingerprint density at radius 2 is 1.73 bits per heavy atom. The van der Waals surface area contributed by atoms with Gasteiger partial charge in [0.15, 0.2) is 6.04 Å². The van der Waals surface area contributed by atoms with Crippen LogP contribution in [0, 0.1) is 0 Å². The summed E-state index contributed by atoms with van der Waals surface area (Å²) in [7, 11) is 1.09. The van der Waals surface area contributed by atoms with E-state index >= 15 is 8.78 Å². The summed E-state index contributed by atoms with van der Waals surface area (Å²) in [4.78, 5) is 24.7. The van der Waals surface area contributed by atoms with Gasteiger partial charge >= 0.3 is 12.1 Å². The van der Waals surface area contributed by atoms with Gasteiger partial charge in [0.2, 0.25) is 0 Å². The lowest BCUT2D eigenvalue weighted by molar-refractivity contribution is -0.151. The molecule has 6 nitrogen and oxygen atoms in total. The minimum atomic E-state index is -3.41. The van der Waals surface area contributed by atoms with Crippen molar-refractivity contribution in [2.45, 2.75) is 50.3 Å². The van der Waals surface area contributed by atoms with Crippen LogP contribution in [0.25, 0.3) is 10.9 Å². The van der Waals surface area contributed by atoms with Crippen molar-refractivity contribution in [3.05, 3.63) is 71.9 Å². The molecule has 0 saturated carbocycles. The Kier molecular flexibility index (Phi) is 5.74. The van der Waals surface area contributed by atoms with Gasteiger partial charge in [-0.1, -0.05) is 36.4 Å². The fraction of sp³-hybridized carbons (Fsp3) is 0.360. The number of hydrogen-bond donors (Lipinski definition) is 1. The van der Waals surface area contributed by atoms with Gasteiger partial charge in [-0.25, -0.2) is 13.6 Å². The van der Waals surface area contributed by atoms with Crippen LogP contribution in [0.15, 0.2) is 60.8 Å². The van der Waals surface area contributed by atoms with E-state index in [1.807, 2.05) is 0 Å². The fourth-order valence-corrected chi connectivity index (χ4v) is 4.32. The molecule has 0 unspecified atom stereocenters. The van der Waals surface area contributed by atoms with E-state index in [1.165, 1.54) is 4.57 Å². The highest BCUT2D eigenvalue weighted by molar-refractivity contribution is 5.90. The molecule has 1 fully saturated rings. The van der Waals surface area contributed by atoms with Gasteiger partial charge in [0, 0.05) is 17.6 Å². The van der Waals surface area contributed by atoms with E-state index in [-0.39, 0.29) is 0 Å². The second kappa shape index (κ2) is 8.26. The SMILES string of the molecule is COC(=O)[C@H]1N[C@@H](c2ccccc2)[C@H](c2ccc3c(ccn3C(=O)OC(C)(C)C)c2)C1(F)F. The van der Waals surface area contributed by atoms with E-state index in [0.717, 1.165) is 7.11 Å². The van der Waals surface area contributed by atoms with Crippen LogP contribution in [0.4, 0.5) is 13.6 Å². The minimum absolute atomic E-state index is 0.349. The zero-order valence-electron chi connectivity index (χ0n) is 18.8. The molecule has 0 bridgehead atoms. The number of nitrogens with one attached hydrogen (secondary N) is 1. The first kappa shape index (κ1) is 22.9. The van der Waals surface area contributed by atoms with E-state index in [9.17, 15) is 9.59 Å². The third-order valence-electron chi connectivity index (χ3n) is 5.74. The summed E-state index contributed by atoms with van der Waals surface area (Å²) >= 11 is 0. The molecule has 3 aromatic rings. The fourth-order valence-electron chi connectivity index (χ4n) is 4.32. The van der Waals surface area contributed by atoms with E-state index < -0.39 is 41.6 Å². The molecule has 8 heteroatoms. The molecule has 1 aliphatic heterocycles. The Morgan fingerprint density at radius 1 is 1.03 bits per heavy atom. The molecular formula is C25H26F2N2O4. The van der Waals surface area contributed by atoms with E-state index in [1.54, 1.807) is 81.6 Å². The molecule has 3 atom stereocenters. The van der Waals surface area contributed by atoms with Gasteiger partial charge in [-0.05, 0) is 50.1 Å². The number of carbonyl (C=O) groups excluding carboxylic acids is 2. The first-order valence-electron chi connectivity index (χ1n) is 10.6. The number of fused-ring (bicyclic) bond motifs is 1. The summed E-state index contributed by atoms with van der Waals surface area (Å²) in [5, 5.41) is 3.40. The zero-order valence-corrected chi connectivity index (χ0v) is 18.8. The maximum Gasteiger partial charge on any atom is 0.418 e. The van der Waals surface area contributed by atoms with Crippen molar-refractivity contribution in [2.75, 3.05) is 7.11 Å². The number of nitrogens with zero attached hydrogens (tertiary/aromatic N) is 1. The molecule has 33 heavy (non-hydrogen) atoms. The molecule has 174 valence electrons. The number of methoxy groups -OCH3 is 1. The Morgan fingerprint density at radius 3 is 2.36 bits per heavy atom. The standard InChI is InChI=1S/C25H26F2N2O4/c1-24(2,3)33-23(31)29-13-12-16-14-17(10-11-18(16)29)19-20(15-8-6-5-7-9-15)28-21(22(30)32-4)25(19,26)27/h5-14,19-21,28H,1-4H3/t19-,20-,21+/m0/s1. The number of rotatable bonds is 3. The lowest BCUT2D eigenvalue weighted by atomic mass is 9.84. The van der Waals surface area contributed by atoms with Crippen molar-refractivity contribution < 1.29 is 27.8 Å². The average molecular weight is 456 g/mol. The molecule has 2 heterocycles. The summed E-state index contributed by atoms with van der Waals surface area (Å²) in [6.07, 6.45) is 1.01. The van der Waals surface area contributed by atoms with Crippen LogP contribution >= 0.6 is 0 Å². The molecule has 0 aliphatic carbocycles. The van der Waals surface area contributed by atoms with Crippen molar-refractivity contribution in [1.29, 1.82) is 0 Å². The van der Waals surface area contributed by atoms with Crippen molar-refractivity contribution in [3.8, 4) is 0 Å². The molecule has 1 N–H and O–H groups in total. The smallest absolute Gasteiger partial charge is 0.418 e. The Balaban J connectivity index is 1.77. The third-order valence-corrected chi connectivity index (χ3v) is 5.74. The Hall–Kier alpha value is -3.26. The van der Waals surface area contributed by atoms with Crippen molar-refractivity contribution >= 4 is 23.0 Å². The zero-order chi connectivity index (χ0) is 24.0. The summed E-state index contributed by atoms with van der Waals surface area (Å²) in [6, 6.07) is 12.7. The van der Waals surface area contributed by atoms with Crippen molar-refractivity contribution in [1.82, 2.24) is 9.88 Å². The number of ether oxygens (including phenoxy) is 2. The monoisotopic (exact) mass is 456 g/mol. The first-order chi connectivity index (χ1) is 15.5. The first-order valence-corrected chi connectivity index (χ1v) is 10.6. The highest BCUT2D eigenvalue weighted by atomic mass is 19.3. The predicted molar refractivity (Wildman–Crippen MR) is 119 cm³/mol. The van der Waals surface area contributed by atoms with Crippen LogP contribution in [0.2, 0.25) is 0 Å². The van der Waals surface area contributed by atoms with Crippen LogP contribution in [-0.4, -0.2) is 41.3 Å². The number of hydrogen-bond acceptors (Lipinski definition) is 5. The highest BCUT2D eigenvalue weighted by Gasteiger charge is 2.61. The molecular weight excluding hydrogens is 430 g/mol. The third kappa shape index (κ3) is 4.23. The van der Waals surface area contributed by atoms with Gasteiger partial charge < -0.3 is 9.47 Å². The predicted octanol–water partition coefficient (Wildman–Crippen LogP) is 5.03. The molecule has 0 amide bonds. The number of benzene rings is 2. The quantitative estimate of drug-likeness (QED) is 0.560. The van der Waals surface area contributed by atoms with E-state index in [4.69, 9.17) is 4.74 Å². The molecule has 0 radical (unpaired) electrons. The number of esters is 1. The van der Waals surface area contributed by atoms with E-state index in [2.05, 4.69) is 10.1 Å². The lowest BCUT2D eigenvalue weighted by Gasteiger charge is -2.25. The van der Waals surface area contributed by atoms with E-state index in [0.29, 0.717) is 22.0 Å². The molecule has 4 rings (SSSR count). The minimum Gasteiger partial charge on any atom is -0.468 e. The molecule has 2 aromatic carbocycles. The molecule has 1 saturated heterocycles. The normalized spacial score (nSPS) is 22.3. The van der Waals surface area contributed by atoms with Gasteiger partial charge in [-0.15, -0.1) is 0 Å². The summed E-state index contributed by atoms with van der Waals surface area (Å²) < 4.78 is 42.6. The summed E-state index contributed by atoms with van der Waals surface area (Å²) in [5.41, 5.74) is 0.863. The molecule has 1 aromatic heterocycles. The van der Waals surface area contributed by atoms with Crippen LogP contribution in [0.5, 0.6) is 0 Å². The maximum atomic E-state index is 15.6. The Labute approximate surface area is 190 Å². The van der Waals surface area contributed by atoms with Gasteiger partial charge in [-0.2, -0.15) is 0 Å². The largest absolute Gasteiger partial charge is 0.468 e. The van der Waals surface area contributed by atoms with Crippen molar-refractivity contribution in [3.63, 3.8) is 0 Å². The molecule has 0 spiro atoms. The van der Waals surface area contributed by atoms with Crippen molar-refractivity contribution in [2.24, 2.45) is 0 Å². The van der Waals surface area contributed by atoms with Crippen LogP contribution in [0.3, 0.4) is 0 Å². The number of alkyl halides is 2. The second-order valence-electron chi connectivity index (χ2n) is 9.15. The summed E-state index contributed by atoms with van der Waals surface area (Å²) in [6.45, 7) is 5.31. The van der Waals surface area contributed by atoms with Crippen LogP contribution < -0.4 is 5.32 Å². The maximum absolute atomic E-state index is 15.6. The number of carbonyl (C=O) groups is 2. The number of aromatic nitrogens is 1. The number of halogens is 2. The molecule has 1 aliphatic rings.